The summed E-state index contributed by atoms with van der Waals surface area (Å²) in [6.45, 7) is 3.53. The van der Waals surface area contributed by atoms with Gasteiger partial charge in [0.1, 0.15) is 6.04 Å². The Labute approximate surface area is 242 Å². The standard InChI is InChI=1S/C31H31N7O4/c1-19-23(26-17-33-24-8-4-5-9-25(24)34-26)18-37(36-19)15-7-3-2-6-14-32-20-10-11-21-22(16-20)31(42)38(30(21)41)27-12-13-28(39)35-29(27)40/h4-5,8-11,16-18,27,32H,2-3,6-7,12-15H2,1H3,(H,35,39,40). The fourth-order valence-corrected chi connectivity index (χ4v) is 5.54. The van der Waals surface area contributed by atoms with Crippen LogP contribution in [-0.2, 0) is 16.1 Å². The van der Waals surface area contributed by atoms with E-state index in [0.717, 1.165) is 77.3 Å². The average molecular weight is 566 g/mol. The summed E-state index contributed by atoms with van der Waals surface area (Å²) in [5.41, 5.74) is 5.78. The number of hydrogen-bond acceptors (Lipinski definition) is 8. The van der Waals surface area contributed by atoms with E-state index < -0.39 is 29.7 Å². The molecule has 0 radical (unpaired) electrons. The second-order valence-electron chi connectivity index (χ2n) is 10.7. The van der Waals surface area contributed by atoms with Gasteiger partial charge in [-0.05, 0) is 56.5 Å². The first-order valence-electron chi connectivity index (χ1n) is 14.2. The molecule has 0 aliphatic carbocycles. The molecule has 6 rings (SSSR count). The zero-order chi connectivity index (χ0) is 29.2. The molecule has 1 unspecified atom stereocenters. The van der Waals surface area contributed by atoms with Gasteiger partial charge < -0.3 is 5.32 Å². The molecule has 4 amide bonds. The molecule has 0 saturated carbocycles. The highest BCUT2D eigenvalue weighted by Crippen LogP contribution is 2.29. The van der Waals surface area contributed by atoms with Crippen LogP contribution in [0.25, 0.3) is 22.3 Å². The number of amides is 4. The monoisotopic (exact) mass is 565 g/mol. The van der Waals surface area contributed by atoms with Gasteiger partial charge in [0.2, 0.25) is 11.8 Å². The Bertz CT molecular complexity index is 1710. The first kappa shape index (κ1) is 27.3. The van der Waals surface area contributed by atoms with Crippen molar-refractivity contribution in [1.29, 1.82) is 0 Å². The van der Waals surface area contributed by atoms with Crippen molar-refractivity contribution in [2.75, 3.05) is 11.9 Å². The highest BCUT2D eigenvalue weighted by molar-refractivity contribution is 6.23. The van der Waals surface area contributed by atoms with Crippen molar-refractivity contribution in [3.8, 4) is 11.3 Å². The Hall–Kier alpha value is -4.93. The van der Waals surface area contributed by atoms with Gasteiger partial charge in [0.15, 0.2) is 0 Å². The summed E-state index contributed by atoms with van der Waals surface area (Å²) in [5, 5.41) is 10.2. The van der Waals surface area contributed by atoms with Crippen molar-refractivity contribution >= 4 is 40.3 Å². The van der Waals surface area contributed by atoms with E-state index in [4.69, 9.17) is 4.98 Å². The van der Waals surface area contributed by atoms with E-state index in [9.17, 15) is 19.2 Å². The highest BCUT2D eigenvalue weighted by Gasteiger charge is 2.44. The minimum absolute atomic E-state index is 0.0970. The Balaban J connectivity index is 0.959. The van der Waals surface area contributed by atoms with Gasteiger partial charge in [-0.1, -0.05) is 25.0 Å². The van der Waals surface area contributed by atoms with E-state index in [1.165, 1.54) is 0 Å². The third kappa shape index (κ3) is 5.37. The van der Waals surface area contributed by atoms with Crippen LogP contribution in [0, 0.1) is 6.92 Å². The lowest BCUT2D eigenvalue weighted by molar-refractivity contribution is -0.136. The van der Waals surface area contributed by atoms with Crippen LogP contribution < -0.4 is 10.6 Å². The number of unbranched alkanes of at least 4 members (excludes halogenated alkanes) is 3. The average Bonchev–Trinajstić information content (AvgIpc) is 3.48. The lowest BCUT2D eigenvalue weighted by atomic mass is 10.0. The first-order chi connectivity index (χ1) is 20.4. The molecule has 2 aromatic heterocycles. The molecule has 1 fully saturated rings. The zero-order valence-corrected chi connectivity index (χ0v) is 23.3. The number of nitrogens with zero attached hydrogens (tertiary/aromatic N) is 5. The van der Waals surface area contributed by atoms with Gasteiger partial charge in [-0.25, -0.2) is 4.98 Å². The van der Waals surface area contributed by atoms with Crippen LogP contribution in [0.4, 0.5) is 5.69 Å². The molecule has 4 heterocycles. The molecule has 0 spiro atoms. The van der Waals surface area contributed by atoms with E-state index >= 15 is 0 Å². The number of carbonyl (C=O) groups is 4. The molecule has 4 aromatic rings. The fraction of sp³-hybridized carbons (Fsp3) is 0.323. The molecule has 1 saturated heterocycles. The van der Waals surface area contributed by atoms with Crippen LogP contribution in [0.5, 0.6) is 0 Å². The number of fused-ring (bicyclic) bond motifs is 2. The molecule has 1 atom stereocenters. The molecule has 11 nitrogen and oxygen atoms in total. The Morgan fingerprint density at radius 1 is 0.929 bits per heavy atom. The molecule has 42 heavy (non-hydrogen) atoms. The number of benzene rings is 2. The summed E-state index contributed by atoms with van der Waals surface area (Å²) in [6.07, 6.45) is 8.09. The zero-order valence-electron chi connectivity index (χ0n) is 23.3. The number of carbonyl (C=O) groups excluding carboxylic acids is 4. The van der Waals surface area contributed by atoms with Crippen molar-refractivity contribution in [3.05, 3.63) is 71.7 Å². The van der Waals surface area contributed by atoms with E-state index in [1.54, 1.807) is 24.4 Å². The molecule has 2 aromatic carbocycles. The molecule has 2 aliphatic rings. The largest absolute Gasteiger partial charge is 0.385 e. The van der Waals surface area contributed by atoms with Crippen molar-refractivity contribution < 1.29 is 19.2 Å². The van der Waals surface area contributed by atoms with E-state index in [0.29, 0.717) is 0 Å². The predicted molar refractivity (Wildman–Crippen MR) is 156 cm³/mol. The Morgan fingerprint density at radius 3 is 2.55 bits per heavy atom. The molecular formula is C31H31N7O4. The normalized spacial score (nSPS) is 16.7. The van der Waals surface area contributed by atoms with Gasteiger partial charge in [-0.15, -0.1) is 0 Å². The van der Waals surface area contributed by atoms with E-state index in [2.05, 4.69) is 20.7 Å². The minimum Gasteiger partial charge on any atom is -0.385 e. The van der Waals surface area contributed by atoms with Crippen LogP contribution in [0.3, 0.4) is 0 Å². The highest BCUT2D eigenvalue weighted by atomic mass is 16.2. The van der Waals surface area contributed by atoms with Gasteiger partial charge in [-0.3, -0.25) is 39.1 Å². The summed E-state index contributed by atoms with van der Waals surface area (Å²) in [4.78, 5) is 59.8. The number of aryl methyl sites for hydroxylation is 2. The lowest BCUT2D eigenvalue weighted by Gasteiger charge is -2.27. The molecule has 11 heteroatoms. The van der Waals surface area contributed by atoms with Crippen molar-refractivity contribution in [2.45, 2.75) is 58.0 Å². The third-order valence-electron chi connectivity index (χ3n) is 7.75. The Kier molecular flexibility index (Phi) is 7.47. The van der Waals surface area contributed by atoms with E-state index in [-0.39, 0.29) is 24.0 Å². The van der Waals surface area contributed by atoms with Crippen LogP contribution in [-0.4, -0.2) is 60.9 Å². The van der Waals surface area contributed by atoms with Gasteiger partial charge in [0, 0.05) is 37.0 Å². The summed E-state index contributed by atoms with van der Waals surface area (Å²) in [5.74, 6) is -2.00. The Morgan fingerprint density at radius 2 is 1.71 bits per heavy atom. The van der Waals surface area contributed by atoms with Crippen molar-refractivity contribution in [3.63, 3.8) is 0 Å². The number of piperidine rings is 1. The number of rotatable bonds is 10. The van der Waals surface area contributed by atoms with Crippen LogP contribution >= 0.6 is 0 Å². The maximum atomic E-state index is 13.0. The van der Waals surface area contributed by atoms with Gasteiger partial charge in [0.25, 0.3) is 11.8 Å². The van der Waals surface area contributed by atoms with Crippen molar-refractivity contribution in [1.82, 2.24) is 30.0 Å². The molecule has 0 bridgehead atoms. The quantitative estimate of drug-likeness (QED) is 0.218. The summed E-state index contributed by atoms with van der Waals surface area (Å²) in [6, 6.07) is 11.9. The molecule has 2 aliphatic heterocycles. The van der Waals surface area contributed by atoms with Crippen LogP contribution in [0.1, 0.15) is 64.9 Å². The second kappa shape index (κ2) is 11.5. The number of para-hydroxylation sites is 2. The summed E-state index contributed by atoms with van der Waals surface area (Å²) < 4.78 is 1.97. The van der Waals surface area contributed by atoms with Gasteiger partial charge >= 0.3 is 0 Å². The smallest absolute Gasteiger partial charge is 0.262 e. The first-order valence-corrected chi connectivity index (χ1v) is 14.2. The number of aromatic nitrogens is 4. The van der Waals surface area contributed by atoms with Gasteiger partial charge in [-0.2, -0.15) is 5.10 Å². The fourth-order valence-electron chi connectivity index (χ4n) is 5.54. The third-order valence-corrected chi connectivity index (χ3v) is 7.75. The number of imide groups is 2. The lowest BCUT2D eigenvalue weighted by Crippen LogP contribution is -2.54. The number of hydrogen-bond donors (Lipinski definition) is 2. The topological polar surface area (TPSA) is 139 Å². The van der Waals surface area contributed by atoms with Gasteiger partial charge in [0.05, 0.1) is 39.7 Å². The number of anilines is 1. The number of nitrogens with one attached hydrogen (secondary N) is 2. The van der Waals surface area contributed by atoms with E-state index in [1.807, 2.05) is 42.1 Å². The molecular weight excluding hydrogens is 534 g/mol. The van der Waals surface area contributed by atoms with Crippen LogP contribution in [0.2, 0.25) is 0 Å². The molecule has 214 valence electrons. The predicted octanol–water partition coefficient (Wildman–Crippen LogP) is 3.88. The van der Waals surface area contributed by atoms with Crippen LogP contribution in [0.15, 0.2) is 54.9 Å². The van der Waals surface area contributed by atoms with Crippen molar-refractivity contribution in [2.24, 2.45) is 0 Å². The second-order valence-corrected chi connectivity index (χ2v) is 10.7. The minimum atomic E-state index is -0.962. The maximum Gasteiger partial charge on any atom is 0.262 e. The SMILES string of the molecule is Cc1nn(CCCCCCNc2ccc3c(c2)C(=O)N(C2CCC(=O)NC2=O)C3=O)cc1-c1cnc2ccccc2n1. The summed E-state index contributed by atoms with van der Waals surface area (Å²) >= 11 is 0. The maximum absolute atomic E-state index is 13.0. The summed E-state index contributed by atoms with van der Waals surface area (Å²) in [7, 11) is 0. The molecule has 2 N–H and O–H groups in total.